The number of nitrogens with one attached hydrogen (secondary N) is 1. The Kier molecular flexibility index (Phi) is 8.08. The Morgan fingerprint density at radius 1 is 0.969 bits per heavy atom. The predicted molar refractivity (Wildman–Crippen MR) is 123 cm³/mol. The van der Waals surface area contributed by atoms with E-state index in [-0.39, 0.29) is 18.0 Å². The molecule has 0 aliphatic heterocycles. The summed E-state index contributed by atoms with van der Waals surface area (Å²) in [5, 5.41) is 2.84. The summed E-state index contributed by atoms with van der Waals surface area (Å²) >= 11 is 3.36. The molecule has 3 aromatic rings. The second kappa shape index (κ2) is 11.0. The summed E-state index contributed by atoms with van der Waals surface area (Å²) in [7, 11) is 0. The molecule has 3 N–H and O–H groups in total. The molecule has 3 aromatic carbocycles. The van der Waals surface area contributed by atoms with E-state index in [9.17, 15) is 18.4 Å². The summed E-state index contributed by atoms with van der Waals surface area (Å²) in [6, 6.07) is 16.9. The number of benzene rings is 3. The predicted octanol–water partition coefficient (Wildman–Crippen LogP) is 4.97. The maximum Gasteiger partial charge on any atom is 0.256 e. The number of anilines is 1. The normalized spacial score (nSPS) is 10.6. The van der Waals surface area contributed by atoms with Crippen molar-refractivity contribution in [1.29, 1.82) is 0 Å². The zero-order chi connectivity index (χ0) is 23.1. The van der Waals surface area contributed by atoms with Crippen LogP contribution in [0.2, 0.25) is 0 Å². The van der Waals surface area contributed by atoms with Gasteiger partial charge in [0.25, 0.3) is 11.8 Å². The highest BCUT2D eigenvalue weighted by molar-refractivity contribution is 9.10. The van der Waals surface area contributed by atoms with Crippen molar-refractivity contribution in [1.82, 2.24) is 4.90 Å². The van der Waals surface area contributed by atoms with Crippen molar-refractivity contribution in [2.75, 3.05) is 18.4 Å². The first-order valence-electron chi connectivity index (χ1n) is 9.97. The molecule has 0 aliphatic carbocycles. The number of halogens is 3. The Labute approximate surface area is 193 Å². The van der Waals surface area contributed by atoms with E-state index in [1.165, 1.54) is 4.90 Å². The third-order valence-electron chi connectivity index (χ3n) is 4.71. The van der Waals surface area contributed by atoms with E-state index in [1.807, 2.05) is 12.1 Å². The maximum atomic E-state index is 13.6. The largest absolute Gasteiger partial charge is 0.334 e. The van der Waals surface area contributed by atoms with Gasteiger partial charge in [-0.2, -0.15) is 0 Å². The number of nitrogens with two attached hydrogens (primary N) is 1. The molecule has 0 heterocycles. The number of amides is 2. The van der Waals surface area contributed by atoms with Crippen LogP contribution < -0.4 is 11.1 Å². The molecule has 0 saturated heterocycles. The molecule has 166 valence electrons. The highest BCUT2D eigenvalue weighted by atomic mass is 79.9. The lowest BCUT2D eigenvalue weighted by atomic mass is 10.1. The average molecular weight is 502 g/mol. The molecule has 0 aromatic heterocycles. The Morgan fingerprint density at radius 2 is 1.69 bits per heavy atom. The van der Waals surface area contributed by atoms with Crippen molar-refractivity contribution in [3.05, 3.63) is 99.5 Å². The van der Waals surface area contributed by atoms with E-state index in [1.54, 1.807) is 36.4 Å². The maximum absolute atomic E-state index is 13.6. The smallest absolute Gasteiger partial charge is 0.256 e. The molecule has 32 heavy (non-hydrogen) atoms. The van der Waals surface area contributed by atoms with Crippen LogP contribution in [-0.2, 0) is 6.54 Å². The molecule has 0 unspecified atom stereocenters. The first kappa shape index (κ1) is 23.6. The summed E-state index contributed by atoms with van der Waals surface area (Å²) in [4.78, 5) is 27.0. The van der Waals surface area contributed by atoms with Crippen LogP contribution in [0.4, 0.5) is 14.5 Å². The highest BCUT2D eigenvalue weighted by Gasteiger charge is 2.18. The summed E-state index contributed by atoms with van der Waals surface area (Å²) < 4.78 is 27.9. The van der Waals surface area contributed by atoms with Gasteiger partial charge in [0, 0.05) is 34.9 Å². The number of nitrogens with zero attached hydrogens (tertiary/aromatic N) is 1. The van der Waals surface area contributed by atoms with Gasteiger partial charge in [-0.3, -0.25) is 9.59 Å². The standard InChI is InChI=1S/C24H22BrF2N3O2/c25-22-8-2-1-7-21(22)23(31)29-20-6-3-5-16(11-20)15-30(10-4-9-28)24(32)17-12-18(26)14-19(27)13-17/h1-3,5-8,11-14H,4,9-10,15,28H2,(H,29,31). The quantitative estimate of drug-likeness (QED) is 0.457. The molecular formula is C24H22BrF2N3O2. The molecule has 0 saturated carbocycles. The van der Waals surface area contributed by atoms with Gasteiger partial charge in [-0.05, 0) is 70.9 Å². The zero-order valence-electron chi connectivity index (χ0n) is 17.2. The van der Waals surface area contributed by atoms with E-state index in [0.717, 1.165) is 23.8 Å². The van der Waals surface area contributed by atoms with Crippen LogP contribution in [0.15, 0.2) is 71.2 Å². The van der Waals surface area contributed by atoms with E-state index >= 15 is 0 Å². The van der Waals surface area contributed by atoms with E-state index in [2.05, 4.69) is 21.2 Å². The fraction of sp³-hybridized carbons (Fsp3) is 0.167. The minimum atomic E-state index is -0.816. The molecule has 3 rings (SSSR count). The molecule has 5 nitrogen and oxygen atoms in total. The van der Waals surface area contributed by atoms with E-state index in [0.29, 0.717) is 35.2 Å². The SMILES string of the molecule is NCCCN(Cc1cccc(NC(=O)c2ccccc2Br)c1)C(=O)c1cc(F)cc(F)c1. The van der Waals surface area contributed by atoms with Crippen molar-refractivity contribution in [3.63, 3.8) is 0 Å². The zero-order valence-corrected chi connectivity index (χ0v) is 18.7. The minimum absolute atomic E-state index is 0.0714. The topological polar surface area (TPSA) is 75.4 Å². The molecule has 2 amide bonds. The van der Waals surface area contributed by atoms with Gasteiger partial charge in [-0.1, -0.05) is 24.3 Å². The fourth-order valence-electron chi connectivity index (χ4n) is 3.21. The van der Waals surface area contributed by atoms with Crippen LogP contribution >= 0.6 is 15.9 Å². The second-order valence-corrected chi connectivity index (χ2v) is 8.02. The lowest BCUT2D eigenvalue weighted by Crippen LogP contribution is -2.32. The van der Waals surface area contributed by atoms with Gasteiger partial charge >= 0.3 is 0 Å². The molecule has 0 bridgehead atoms. The van der Waals surface area contributed by atoms with Crippen molar-refractivity contribution in [3.8, 4) is 0 Å². The van der Waals surface area contributed by atoms with Gasteiger partial charge < -0.3 is 16.0 Å². The van der Waals surface area contributed by atoms with Crippen LogP contribution in [0.25, 0.3) is 0 Å². The van der Waals surface area contributed by atoms with Crippen LogP contribution in [0.3, 0.4) is 0 Å². The van der Waals surface area contributed by atoms with Crippen molar-refractivity contribution in [2.45, 2.75) is 13.0 Å². The van der Waals surface area contributed by atoms with Gasteiger partial charge in [-0.15, -0.1) is 0 Å². The number of rotatable bonds is 8. The second-order valence-electron chi connectivity index (χ2n) is 7.16. The molecule has 8 heteroatoms. The third-order valence-corrected chi connectivity index (χ3v) is 5.40. The molecule has 0 spiro atoms. The Morgan fingerprint density at radius 3 is 2.38 bits per heavy atom. The van der Waals surface area contributed by atoms with E-state index < -0.39 is 17.5 Å². The molecule has 0 atom stereocenters. The van der Waals surface area contributed by atoms with Crippen molar-refractivity contribution in [2.24, 2.45) is 5.73 Å². The summed E-state index contributed by atoms with van der Waals surface area (Å²) in [5.74, 6) is -2.41. The molecule has 0 fully saturated rings. The van der Waals surface area contributed by atoms with E-state index in [4.69, 9.17) is 5.73 Å². The van der Waals surface area contributed by atoms with Gasteiger partial charge in [0.1, 0.15) is 11.6 Å². The van der Waals surface area contributed by atoms with Gasteiger partial charge in [0.05, 0.1) is 5.56 Å². The van der Waals surface area contributed by atoms with Gasteiger partial charge in [0.15, 0.2) is 0 Å². The lowest BCUT2D eigenvalue weighted by molar-refractivity contribution is 0.0741. The monoisotopic (exact) mass is 501 g/mol. The summed E-state index contributed by atoms with van der Waals surface area (Å²) in [5.41, 5.74) is 7.32. The Bertz CT molecular complexity index is 1100. The molecule has 0 aliphatic rings. The average Bonchev–Trinajstić information content (AvgIpc) is 2.76. The minimum Gasteiger partial charge on any atom is -0.334 e. The Balaban J connectivity index is 1.79. The summed E-state index contributed by atoms with van der Waals surface area (Å²) in [6.45, 7) is 0.875. The van der Waals surface area contributed by atoms with Crippen molar-refractivity contribution >= 4 is 33.4 Å². The fourth-order valence-corrected chi connectivity index (χ4v) is 3.67. The van der Waals surface area contributed by atoms with Crippen LogP contribution in [0.1, 0.15) is 32.7 Å². The number of hydrogen-bond donors (Lipinski definition) is 2. The number of carbonyl (C=O) groups is 2. The lowest BCUT2D eigenvalue weighted by Gasteiger charge is -2.23. The number of hydrogen-bond acceptors (Lipinski definition) is 3. The first-order chi connectivity index (χ1) is 15.4. The number of carbonyl (C=O) groups excluding carboxylic acids is 2. The van der Waals surface area contributed by atoms with Gasteiger partial charge in [0.2, 0.25) is 0 Å². The van der Waals surface area contributed by atoms with Crippen LogP contribution in [-0.4, -0.2) is 29.8 Å². The summed E-state index contributed by atoms with van der Waals surface area (Å²) in [6.07, 6.45) is 0.530. The first-order valence-corrected chi connectivity index (χ1v) is 10.8. The van der Waals surface area contributed by atoms with Crippen molar-refractivity contribution < 1.29 is 18.4 Å². The highest BCUT2D eigenvalue weighted by Crippen LogP contribution is 2.20. The van der Waals surface area contributed by atoms with Crippen LogP contribution in [0.5, 0.6) is 0 Å². The van der Waals surface area contributed by atoms with Crippen LogP contribution in [0, 0.1) is 11.6 Å². The van der Waals surface area contributed by atoms with Gasteiger partial charge in [-0.25, -0.2) is 8.78 Å². The molecule has 0 radical (unpaired) electrons. The Hall–Kier alpha value is -3.10. The molecular weight excluding hydrogens is 480 g/mol. The third kappa shape index (κ3) is 6.21.